The molecule has 0 saturated heterocycles. The van der Waals surface area contributed by atoms with E-state index in [1.807, 2.05) is 26.0 Å². The first-order valence-electron chi connectivity index (χ1n) is 7.74. The first kappa shape index (κ1) is 18.4. The number of carbonyl (C=O) groups excluding carboxylic acids is 3. The molecule has 2 amide bonds. The van der Waals surface area contributed by atoms with Crippen LogP contribution in [0.15, 0.2) is 22.7 Å². The zero-order valence-electron chi connectivity index (χ0n) is 14.0. The van der Waals surface area contributed by atoms with Crippen LogP contribution < -0.4 is 5.32 Å². The lowest BCUT2D eigenvalue weighted by Crippen LogP contribution is -2.37. The highest BCUT2D eigenvalue weighted by Crippen LogP contribution is 2.38. The molecule has 0 unspecified atom stereocenters. The molecule has 6 nitrogen and oxygen atoms in total. The van der Waals surface area contributed by atoms with Crippen LogP contribution in [0.3, 0.4) is 0 Å². The van der Waals surface area contributed by atoms with Gasteiger partial charge in [-0.2, -0.15) is 0 Å². The summed E-state index contributed by atoms with van der Waals surface area (Å²) >= 11 is 3.36. The van der Waals surface area contributed by atoms with E-state index < -0.39 is 5.91 Å². The molecule has 0 aromatic heterocycles. The second kappa shape index (κ2) is 7.79. The summed E-state index contributed by atoms with van der Waals surface area (Å²) in [5.41, 5.74) is 1.61. The van der Waals surface area contributed by atoms with Crippen LogP contribution in [0.1, 0.15) is 18.9 Å². The Kier molecular flexibility index (Phi) is 5.99. The van der Waals surface area contributed by atoms with E-state index >= 15 is 0 Å². The number of hydrogen-bond donors (Lipinski definition) is 1. The maximum Gasteiger partial charge on any atom is 0.309 e. The Morgan fingerprint density at radius 3 is 2.62 bits per heavy atom. The van der Waals surface area contributed by atoms with Crippen LogP contribution in [-0.2, 0) is 19.1 Å². The van der Waals surface area contributed by atoms with Crippen LogP contribution in [0.2, 0.25) is 0 Å². The second-order valence-electron chi connectivity index (χ2n) is 6.18. The third-order valence-corrected chi connectivity index (χ3v) is 4.51. The molecule has 130 valence electrons. The van der Waals surface area contributed by atoms with Gasteiger partial charge in [-0.05, 0) is 43.0 Å². The SMILES string of the molecule is Cc1cc(Br)ccc1NC(=O)CN(C)C(=O)COC(=O)[C@@H]1C[C@H]1C. The normalized spacial score (nSPS) is 18.7. The van der Waals surface area contributed by atoms with Crippen molar-refractivity contribution in [2.45, 2.75) is 20.3 Å². The van der Waals surface area contributed by atoms with Crippen molar-refractivity contribution >= 4 is 39.4 Å². The number of nitrogens with one attached hydrogen (secondary N) is 1. The maximum atomic E-state index is 12.0. The summed E-state index contributed by atoms with van der Waals surface area (Å²) in [5.74, 6) is -0.783. The van der Waals surface area contributed by atoms with Gasteiger partial charge in [0.2, 0.25) is 5.91 Å². The van der Waals surface area contributed by atoms with Crippen molar-refractivity contribution in [2.75, 3.05) is 25.5 Å². The minimum Gasteiger partial charge on any atom is -0.455 e. The standard InChI is InChI=1S/C17H21BrN2O4/c1-10-7-13(10)17(23)24-9-16(22)20(3)8-15(21)19-14-5-4-12(18)6-11(14)2/h4-6,10,13H,7-9H2,1-3H3,(H,19,21)/t10-,13-/m1/s1. The van der Waals surface area contributed by atoms with Crippen LogP contribution >= 0.6 is 15.9 Å². The van der Waals surface area contributed by atoms with E-state index in [2.05, 4.69) is 21.2 Å². The molecule has 2 atom stereocenters. The number of ether oxygens (including phenoxy) is 1. The molecule has 1 aromatic rings. The van der Waals surface area contributed by atoms with E-state index in [1.165, 1.54) is 11.9 Å². The van der Waals surface area contributed by atoms with E-state index in [1.54, 1.807) is 6.07 Å². The third kappa shape index (κ3) is 5.06. The second-order valence-corrected chi connectivity index (χ2v) is 7.10. The van der Waals surface area contributed by atoms with Crippen molar-refractivity contribution < 1.29 is 19.1 Å². The summed E-state index contributed by atoms with van der Waals surface area (Å²) in [7, 11) is 1.50. The number of carbonyl (C=O) groups is 3. The Labute approximate surface area is 149 Å². The highest BCUT2D eigenvalue weighted by molar-refractivity contribution is 9.10. The number of likely N-dealkylation sites (N-methyl/N-ethyl adjacent to an activating group) is 1. The fourth-order valence-corrected chi connectivity index (χ4v) is 2.74. The van der Waals surface area contributed by atoms with Gasteiger partial charge in [0.1, 0.15) is 0 Å². The van der Waals surface area contributed by atoms with E-state index in [9.17, 15) is 14.4 Å². The Hall–Kier alpha value is -1.89. The Morgan fingerprint density at radius 1 is 1.38 bits per heavy atom. The number of amides is 2. The molecule has 0 aliphatic heterocycles. The Morgan fingerprint density at radius 2 is 2.04 bits per heavy atom. The van der Waals surface area contributed by atoms with Gasteiger partial charge in [0.15, 0.2) is 6.61 Å². The molecule has 24 heavy (non-hydrogen) atoms. The number of esters is 1. The third-order valence-electron chi connectivity index (χ3n) is 4.02. The summed E-state index contributed by atoms with van der Waals surface area (Å²) in [4.78, 5) is 36.8. The van der Waals surface area contributed by atoms with Crippen LogP contribution in [0.25, 0.3) is 0 Å². The molecular formula is C17H21BrN2O4. The summed E-state index contributed by atoms with van der Waals surface area (Å²) in [6.07, 6.45) is 0.817. The quantitative estimate of drug-likeness (QED) is 0.748. The first-order chi connectivity index (χ1) is 11.3. The van der Waals surface area contributed by atoms with Crippen molar-refractivity contribution in [3.05, 3.63) is 28.2 Å². The zero-order chi connectivity index (χ0) is 17.9. The largest absolute Gasteiger partial charge is 0.455 e. The number of halogens is 1. The predicted octanol–water partition coefficient (Wildman–Crippen LogP) is 2.35. The molecule has 1 aromatic carbocycles. The lowest BCUT2D eigenvalue weighted by Gasteiger charge is -2.17. The summed E-state index contributed by atoms with van der Waals surface area (Å²) in [6, 6.07) is 5.51. The molecule has 1 fully saturated rings. The maximum absolute atomic E-state index is 12.0. The molecule has 1 N–H and O–H groups in total. The van der Waals surface area contributed by atoms with Crippen LogP contribution in [0.5, 0.6) is 0 Å². The molecule has 1 saturated carbocycles. The van der Waals surface area contributed by atoms with Gasteiger partial charge >= 0.3 is 5.97 Å². The lowest BCUT2D eigenvalue weighted by atomic mass is 10.2. The topological polar surface area (TPSA) is 75.7 Å². The van der Waals surface area contributed by atoms with Gasteiger partial charge in [0.25, 0.3) is 5.91 Å². The molecule has 7 heteroatoms. The predicted molar refractivity (Wildman–Crippen MR) is 93.4 cm³/mol. The number of hydrogen-bond acceptors (Lipinski definition) is 4. The molecule has 0 radical (unpaired) electrons. The van der Waals surface area contributed by atoms with Crippen LogP contribution in [-0.4, -0.2) is 42.9 Å². The minimum absolute atomic E-state index is 0.0771. The summed E-state index contributed by atoms with van der Waals surface area (Å²) in [5, 5.41) is 2.76. The molecule has 1 aliphatic carbocycles. The Balaban J connectivity index is 1.77. The van der Waals surface area contributed by atoms with Gasteiger partial charge in [-0.25, -0.2) is 0 Å². The first-order valence-corrected chi connectivity index (χ1v) is 8.54. The van der Waals surface area contributed by atoms with Crippen LogP contribution in [0, 0.1) is 18.8 Å². The van der Waals surface area contributed by atoms with Gasteiger partial charge in [-0.1, -0.05) is 22.9 Å². The van der Waals surface area contributed by atoms with Gasteiger partial charge in [-0.3, -0.25) is 14.4 Å². The number of aryl methyl sites for hydroxylation is 1. The lowest BCUT2D eigenvalue weighted by molar-refractivity contribution is -0.153. The molecule has 1 aliphatic rings. The van der Waals surface area contributed by atoms with E-state index in [4.69, 9.17) is 4.74 Å². The fraction of sp³-hybridized carbons (Fsp3) is 0.471. The average molecular weight is 397 g/mol. The van der Waals surface area contributed by atoms with Crippen molar-refractivity contribution in [2.24, 2.45) is 11.8 Å². The number of benzene rings is 1. The van der Waals surface area contributed by atoms with Crippen molar-refractivity contribution in [1.29, 1.82) is 0 Å². The zero-order valence-corrected chi connectivity index (χ0v) is 15.6. The minimum atomic E-state index is -0.403. The molecule has 2 rings (SSSR count). The number of rotatable bonds is 6. The van der Waals surface area contributed by atoms with Crippen LogP contribution in [0.4, 0.5) is 5.69 Å². The van der Waals surface area contributed by atoms with Gasteiger partial charge in [0.05, 0.1) is 12.5 Å². The van der Waals surface area contributed by atoms with Gasteiger partial charge in [-0.15, -0.1) is 0 Å². The Bertz CT molecular complexity index is 662. The highest BCUT2D eigenvalue weighted by Gasteiger charge is 2.40. The molecular weight excluding hydrogens is 376 g/mol. The number of nitrogens with zero attached hydrogens (tertiary/aromatic N) is 1. The fourth-order valence-electron chi connectivity index (χ4n) is 2.26. The van der Waals surface area contributed by atoms with Gasteiger partial charge < -0.3 is 15.0 Å². The highest BCUT2D eigenvalue weighted by atomic mass is 79.9. The summed E-state index contributed by atoms with van der Waals surface area (Å²) < 4.78 is 5.91. The molecule has 0 heterocycles. The number of anilines is 1. The van der Waals surface area contributed by atoms with Crippen molar-refractivity contribution in [3.63, 3.8) is 0 Å². The summed E-state index contributed by atoms with van der Waals surface area (Å²) in [6.45, 7) is 3.41. The van der Waals surface area contributed by atoms with E-state index in [0.29, 0.717) is 11.6 Å². The van der Waals surface area contributed by atoms with E-state index in [-0.39, 0.29) is 30.9 Å². The molecule has 0 bridgehead atoms. The molecule has 0 spiro atoms. The average Bonchev–Trinajstić information content (AvgIpc) is 3.24. The smallest absolute Gasteiger partial charge is 0.309 e. The van der Waals surface area contributed by atoms with Crippen molar-refractivity contribution in [3.8, 4) is 0 Å². The van der Waals surface area contributed by atoms with Gasteiger partial charge in [0, 0.05) is 17.2 Å². The monoisotopic (exact) mass is 396 g/mol. The van der Waals surface area contributed by atoms with Crippen molar-refractivity contribution in [1.82, 2.24) is 4.90 Å². The van der Waals surface area contributed by atoms with E-state index in [0.717, 1.165) is 16.5 Å².